The summed E-state index contributed by atoms with van der Waals surface area (Å²) < 4.78 is 33.0. The molecule has 10 nitrogen and oxygen atoms in total. The number of carboxylic acids is 1. The molecule has 0 heterocycles. The third-order valence-corrected chi connectivity index (χ3v) is 8.13. The molecule has 0 aliphatic rings. The zero-order valence-corrected chi connectivity index (χ0v) is 29.6. The van der Waals surface area contributed by atoms with Gasteiger partial charge in [0.25, 0.3) is 0 Å². The molecule has 0 amide bonds. The number of ether oxygens (including phenoxy) is 2. The average Bonchev–Trinajstić information content (AvgIpc) is 3.03. The molecule has 268 valence electrons. The van der Waals surface area contributed by atoms with Crippen LogP contribution in [0.2, 0.25) is 0 Å². The quantitative estimate of drug-likeness (QED) is 0.0267. The number of carbonyl (C=O) groups excluding carboxylic acids is 1. The van der Waals surface area contributed by atoms with E-state index >= 15 is 0 Å². The van der Waals surface area contributed by atoms with Crippen molar-refractivity contribution in [3.8, 4) is 0 Å². The number of esters is 1. The zero-order chi connectivity index (χ0) is 34.1. The van der Waals surface area contributed by atoms with Crippen molar-refractivity contribution >= 4 is 19.8 Å². The number of phosphoric acid groups is 1. The van der Waals surface area contributed by atoms with E-state index in [1.807, 2.05) is 0 Å². The van der Waals surface area contributed by atoms with Crippen molar-refractivity contribution in [1.82, 2.24) is 0 Å². The van der Waals surface area contributed by atoms with Crippen LogP contribution < -0.4 is 5.73 Å². The zero-order valence-electron chi connectivity index (χ0n) is 28.7. The fourth-order valence-corrected chi connectivity index (χ4v) is 5.22. The van der Waals surface area contributed by atoms with Crippen LogP contribution in [-0.4, -0.2) is 60.5 Å². The average molecular weight is 674 g/mol. The monoisotopic (exact) mass is 673 g/mol. The molecular weight excluding hydrogens is 609 g/mol. The largest absolute Gasteiger partial charge is 0.480 e. The number of allylic oxidation sites excluding steroid dienone is 6. The van der Waals surface area contributed by atoms with Crippen LogP contribution in [0.15, 0.2) is 36.5 Å². The highest BCUT2D eigenvalue weighted by Gasteiger charge is 2.27. The van der Waals surface area contributed by atoms with E-state index in [1.165, 1.54) is 38.5 Å². The summed E-state index contributed by atoms with van der Waals surface area (Å²) >= 11 is 0. The van der Waals surface area contributed by atoms with E-state index in [-0.39, 0.29) is 13.0 Å². The first-order valence-electron chi connectivity index (χ1n) is 17.5. The van der Waals surface area contributed by atoms with Crippen molar-refractivity contribution in [3.05, 3.63) is 36.5 Å². The van der Waals surface area contributed by atoms with Crippen LogP contribution in [0.4, 0.5) is 0 Å². The first-order valence-corrected chi connectivity index (χ1v) is 19.0. The fourth-order valence-electron chi connectivity index (χ4n) is 4.44. The Bertz CT molecular complexity index is 878. The number of nitrogens with two attached hydrogens (primary N) is 1. The standard InChI is InChI=1S/C35H64NO9P/c1-3-5-7-9-11-13-14-15-16-17-18-19-21-23-25-27-34(37)45-32(30-43-46(40,41)44-31-33(36)35(38)39)29-42-28-26-24-22-20-12-10-8-6-4-2/h5,7,11,13,15-16,32-33H,3-4,6,8-10,12,14,17-31,36H2,1-2H3,(H,38,39)(H,40,41)/b7-5-,13-11-,16-15-. The lowest BCUT2D eigenvalue weighted by atomic mass is 10.1. The molecule has 4 N–H and O–H groups in total. The molecule has 46 heavy (non-hydrogen) atoms. The lowest BCUT2D eigenvalue weighted by molar-refractivity contribution is -0.154. The topological polar surface area (TPSA) is 155 Å². The highest BCUT2D eigenvalue weighted by atomic mass is 31.2. The molecule has 0 aromatic carbocycles. The molecule has 3 unspecified atom stereocenters. The number of carbonyl (C=O) groups is 2. The van der Waals surface area contributed by atoms with E-state index < -0.39 is 45.1 Å². The van der Waals surface area contributed by atoms with Crippen molar-refractivity contribution in [2.75, 3.05) is 26.4 Å². The molecule has 11 heteroatoms. The van der Waals surface area contributed by atoms with Crippen LogP contribution in [-0.2, 0) is 32.7 Å². The Morgan fingerprint density at radius 1 is 0.717 bits per heavy atom. The van der Waals surface area contributed by atoms with Gasteiger partial charge in [-0.2, -0.15) is 0 Å². The van der Waals surface area contributed by atoms with Gasteiger partial charge in [0.1, 0.15) is 12.1 Å². The number of carboxylic acid groups (broad SMARTS) is 1. The Hall–Kier alpha value is -1.81. The number of unbranched alkanes of at least 4 members (excludes halogenated alkanes) is 13. The van der Waals surface area contributed by atoms with Gasteiger partial charge in [0.15, 0.2) is 0 Å². The van der Waals surface area contributed by atoms with Crippen molar-refractivity contribution in [2.24, 2.45) is 5.73 Å². The van der Waals surface area contributed by atoms with Gasteiger partial charge >= 0.3 is 19.8 Å². The molecule has 0 rings (SSSR count). The second kappa shape index (κ2) is 31.8. The number of hydrogen-bond acceptors (Lipinski definition) is 8. The summed E-state index contributed by atoms with van der Waals surface area (Å²) in [6, 6.07) is -1.47. The summed E-state index contributed by atoms with van der Waals surface area (Å²) in [5.41, 5.74) is 5.32. The van der Waals surface area contributed by atoms with E-state index in [0.29, 0.717) is 13.0 Å². The Kier molecular flexibility index (Phi) is 30.5. The SMILES string of the molecule is CC/C=C\C/C=C\C/C=C\CCCCCCCC(=O)OC(COCCCCCCCCCCC)COP(=O)(O)OCC(N)C(=O)O. The van der Waals surface area contributed by atoms with Crippen LogP contribution in [0, 0.1) is 0 Å². The summed E-state index contributed by atoms with van der Waals surface area (Å²) in [6.07, 6.45) is 32.0. The first kappa shape index (κ1) is 44.2. The van der Waals surface area contributed by atoms with Crippen molar-refractivity contribution in [1.29, 1.82) is 0 Å². The summed E-state index contributed by atoms with van der Waals surface area (Å²) in [5.74, 6) is -1.80. The Morgan fingerprint density at radius 2 is 1.26 bits per heavy atom. The van der Waals surface area contributed by atoms with E-state index in [2.05, 4.69) is 54.8 Å². The molecule has 0 aromatic heterocycles. The molecule has 0 spiro atoms. The molecule has 0 saturated carbocycles. The summed E-state index contributed by atoms with van der Waals surface area (Å²) in [5, 5.41) is 8.84. The van der Waals surface area contributed by atoms with Crippen LogP contribution in [0.5, 0.6) is 0 Å². The normalized spacial score (nSPS) is 14.7. The molecule has 0 radical (unpaired) electrons. The molecule has 0 saturated heterocycles. The van der Waals surface area contributed by atoms with Crippen LogP contribution >= 0.6 is 7.82 Å². The Balaban J connectivity index is 4.36. The van der Waals surface area contributed by atoms with E-state index in [1.54, 1.807) is 0 Å². The van der Waals surface area contributed by atoms with Gasteiger partial charge in [-0.15, -0.1) is 0 Å². The number of aliphatic carboxylic acids is 1. The number of hydrogen-bond donors (Lipinski definition) is 3. The van der Waals surface area contributed by atoms with Gasteiger partial charge in [-0.05, 0) is 44.9 Å². The van der Waals surface area contributed by atoms with Crippen molar-refractivity contribution in [2.45, 2.75) is 148 Å². The number of phosphoric ester groups is 1. The third kappa shape index (κ3) is 30.8. The first-order chi connectivity index (χ1) is 22.2. The molecular formula is C35H64NO9P. The molecule has 0 bridgehead atoms. The van der Waals surface area contributed by atoms with Crippen LogP contribution in [0.1, 0.15) is 136 Å². The smallest absolute Gasteiger partial charge is 0.472 e. The second-order valence-corrected chi connectivity index (χ2v) is 13.1. The minimum atomic E-state index is -4.61. The lowest BCUT2D eigenvalue weighted by Crippen LogP contribution is -2.34. The maximum Gasteiger partial charge on any atom is 0.472 e. The second-order valence-electron chi connectivity index (χ2n) is 11.6. The molecule has 0 aromatic rings. The van der Waals surface area contributed by atoms with Crippen molar-refractivity contribution in [3.63, 3.8) is 0 Å². The molecule has 0 fully saturated rings. The van der Waals surface area contributed by atoms with Crippen molar-refractivity contribution < 1.29 is 42.7 Å². The molecule has 3 atom stereocenters. The molecule has 0 aliphatic heterocycles. The minimum Gasteiger partial charge on any atom is -0.480 e. The highest BCUT2D eigenvalue weighted by Crippen LogP contribution is 2.43. The van der Waals surface area contributed by atoms with Gasteiger partial charge < -0.3 is 25.2 Å². The van der Waals surface area contributed by atoms with Gasteiger partial charge in [-0.1, -0.05) is 121 Å². The van der Waals surface area contributed by atoms with E-state index in [0.717, 1.165) is 70.6 Å². The number of rotatable bonds is 33. The van der Waals surface area contributed by atoms with Gasteiger partial charge in [0, 0.05) is 13.0 Å². The van der Waals surface area contributed by atoms with E-state index in [4.69, 9.17) is 24.8 Å². The van der Waals surface area contributed by atoms with Crippen LogP contribution in [0.25, 0.3) is 0 Å². The minimum absolute atomic E-state index is 0.0105. The maximum atomic E-state index is 12.5. The fraction of sp³-hybridized carbons (Fsp3) is 0.771. The van der Waals surface area contributed by atoms with Gasteiger partial charge in [-0.3, -0.25) is 18.6 Å². The maximum absolute atomic E-state index is 12.5. The Labute approximate surface area is 278 Å². The predicted molar refractivity (Wildman–Crippen MR) is 185 cm³/mol. The van der Waals surface area contributed by atoms with Gasteiger partial charge in [0.2, 0.25) is 0 Å². The lowest BCUT2D eigenvalue weighted by Gasteiger charge is -2.20. The molecule has 0 aliphatic carbocycles. The third-order valence-electron chi connectivity index (χ3n) is 7.18. The predicted octanol–water partition coefficient (Wildman–Crippen LogP) is 8.58. The summed E-state index contributed by atoms with van der Waals surface area (Å²) in [6.45, 7) is 3.70. The van der Waals surface area contributed by atoms with Gasteiger partial charge in [-0.25, -0.2) is 4.57 Å². The van der Waals surface area contributed by atoms with Gasteiger partial charge in [0.05, 0.1) is 19.8 Å². The Morgan fingerprint density at radius 3 is 1.89 bits per heavy atom. The summed E-state index contributed by atoms with van der Waals surface area (Å²) in [7, 11) is -4.61. The summed E-state index contributed by atoms with van der Waals surface area (Å²) in [4.78, 5) is 33.3. The van der Waals surface area contributed by atoms with Crippen LogP contribution in [0.3, 0.4) is 0 Å². The van der Waals surface area contributed by atoms with E-state index in [9.17, 15) is 19.0 Å². The highest BCUT2D eigenvalue weighted by molar-refractivity contribution is 7.47.